The van der Waals surface area contributed by atoms with Crippen LogP contribution in [-0.2, 0) is 16.0 Å². The third-order valence-electron chi connectivity index (χ3n) is 4.14. The SMILES string of the molecule is COc1ccc(CC(C)C(=O)N2CC(C)OC(C)C2)cc1OC. The summed E-state index contributed by atoms with van der Waals surface area (Å²) < 4.78 is 16.3. The minimum atomic E-state index is -0.0781. The van der Waals surface area contributed by atoms with Crippen molar-refractivity contribution in [1.82, 2.24) is 4.90 Å². The number of ether oxygens (including phenoxy) is 3. The molecule has 1 aliphatic rings. The van der Waals surface area contributed by atoms with E-state index in [-0.39, 0.29) is 24.0 Å². The van der Waals surface area contributed by atoms with E-state index >= 15 is 0 Å². The molecule has 1 fully saturated rings. The van der Waals surface area contributed by atoms with Gasteiger partial charge in [0, 0.05) is 19.0 Å². The Bertz CT molecular complexity index is 536. The quantitative estimate of drug-likeness (QED) is 0.836. The van der Waals surface area contributed by atoms with Crippen LogP contribution in [0.4, 0.5) is 0 Å². The van der Waals surface area contributed by atoms with Gasteiger partial charge in [0.15, 0.2) is 11.5 Å². The molecule has 1 heterocycles. The van der Waals surface area contributed by atoms with Gasteiger partial charge in [-0.05, 0) is 38.0 Å². The van der Waals surface area contributed by atoms with Crippen molar-refractivity contribution in [1.29, 1.82) is 0 Å². The lowest BCUT2D eigenvalue weighted by atomic mass is 9.98. The van der Waals surface area contributed by atoms with Gasteiger partial charge in [-0.25, -0.2) is 0 Å². The van der Waals surface area contributed by atoms with Gasteiger partial charge in [-0.1, -0.05) is 13.0 Å². The highest BCUT2D eigenvalue weighted by molar-refractivity contribution is 5.79. The smallest absolute Gasteiger partial charge is 0.225 e. The van der Waals surface area contributed by atoms with Crippen LogP contribution in [0.2, 0.25) is 0 Å². The number of hydrogen-bond donors (Lipinski definition) is 0. The standard InChI is InChI=1S/C18H27NO4/c1-12(18(20)19-10-13(2)23-14(3)11-19)8-15-6-7-16(21-4)17(9-15)22-5/h6-7,9,12-14H,8,10-11H2,1-5H3. The maximum atomic E-state index is 12.7. The molecule has 23 heavy (non-hydrogen) atoms. The van der Waals surface area contributed by atoms with Gasteiger partial charge in [0.1, 0.15) is 0 Å². The molecule has 0 bridgehead atoms. The van der Waals surface area contributed by atoms with Gasteiger partial charge < -0.3 is 19.1 Å². The summed E-state index contributed by atoms with van der Waals surface area (Å²) in [4.78, 5) is 14.6. The fourth-order valence-electron chi connectivity index (χ4n) is 3.12. The minimum absolute atomic E-state index is 0.0781. The van der Waals surface area contributed by atoms with Crippen molar-refractivity contribution in [3.63, 3.8) is 0 Å². The molecule has 1 aromatic rings. The topological polar surface area (TPSA) is 48.0 Å². The van der Waals surface area contributed by atoms with Crippen LogP contribution in [-0.4, -0.2) is 50.3 Å². The first-order chi connectivity index (χ1) is 10.9. The lowest BCUT2D eigenvalue weighted by molar-refractivity contribution is -0.146. The van der Waals surface area contributed by atoms with E-state index in [2.05, 4.69) is 0 Å². The van der Waals surface area contributed by atoms with Crippen LogP contribution in [0.15, 0.2) is 18.2 Å². The lowest BCUT2D eigenvalue weighted by Crippen LogP contribution is -2.50. The second-order valence-corrected chi connectivity index (χ2v) is 6.30. The molecular formula is C18H27NO4. The highest BCUT2D eigenvalue weighted by Gasteiger charge is 2.28. The van der Waals surface area contributed by atoms with E-state index < -0.39 is 0 Å². The van der Waals surface area contributed by atoms with Crippen LogP contribution in [0.3, 0.4) is 0 Å². The van der Waals surface area contributed by atoms with E-state index in [0.29, 0.717) is 31.0 Å². The number of carbonyl (C=O) groups is 1. The number of benzene rings is 1. The summed E-state index contributed by atoms with van der Waals surface area (Å²) in [6, 6.07) is 5.80. The zero-order valence-electron chi connectivity index (χ0n) is 14.7. The zero-order valence-corrected chi connectivity index (χ0v) is 14.7. The van der Waals surface area contributed by atoms with Crippen LogP contribution in [0.25, 0.3) is 0 Å². The van der Waals surface area contributed by atoms with E-state index in [9.17, 15) is 4.79 Å². The minimum Gasteiger partial charge on any atom is -0.493 e. The van der Waals surface area contributed by atoms with Crippen LogP contribution in [0.5, 0.6) is 11.5 Å². The Morgan fingerprint density at radius 1 is 1.22 bits per heavy atom. The Kier molecular flexibility index (Phi) is 5.88. The number of morpholine rings is 1. The highest BCUT2D eigenvalue weighted by Crippen LogP contribution is 2.28. The maximum absolute atomic E-state index is 12.7. The molecule has 5 nitrogen and oxygen atoms in total. The molecule has 0 spiro atoms. The second-order valence-electron chi connectivity index (χ2n) is 6.30. The first-order valence-electron chi connectivity index (χ1n) is 8.09. The van der Waals surface area contributed by atoms with Gasteiger partial charge >= 0.3 is 0 Å². The zero-order chi connectivity index (χ0) is 17.0. The molecule has 5 heteroatoms. The fourth-order valence-corrected chi connectivity index (χ4v) is 3.12. The average molecular weight is 321 g/mol. The summed E-state index contributed by atoms with van der Waals surface area (Å²) in [5, 5.41) is 0. The van der Waals surface area contributed by atoms with Gasteiger partial charge in [0.25, 0.3) is 0 Å². The van der Waals surface area contributed by atoms with Crippen LogP contribution >= 0.6 is 0 Å². The van der Waals surface area contributed by atoms with Crippen molar-refractivity contribution in [3.05, 3.63) is 23.8 Å². The molecule has 0 radical (unpaired) electrons. The summed E-state index contributed by atoms with van der Waals surface area (Å²) >= 11 is 0. The number of hydrogen-bond acceptors (Lipinski definition) is 4. The van der Waals surface area contributed by atoms with Crippen LogP contribution < -0.4 is 9.47 Å². The Morgan fingerprint density at radius 2 is 1.83 bits per heavy atom. The van der Waals surface area contributed by atoms with Crippen molar-refractivity contribution >= 4 is 5.91 Å². The second kappa shape index (κ2) is 7.68. The molecule has 1 saturated heterocycles. The average Bonchev–Trinajstić information content (AvgIpc) is 2.52. The lowest BCUT2D eigenvalue weighted by Gasteiger charge is -2.36. The summed E-state index contributed by atoms with van der Waals surface area (Å²) in [5.74, 6) is 1.50. The summed E-state index contributed by atoms with van der Waals surface area (Å²) in [5.41, 5.74) is 1.07. The van der Waals surface area contributed by atoms with Crippen molar-refractivity contribution < 1.29 is 19.0 Å². The molecule has 0 aliphatic carbocycles. The first kappa shape index (κ1) is 17.6. The molecule has 2 rings (SSSR count). The third kappa shape index (κ3) is 4.38. The monoisotopic (exact) mass is 321 g/mol. The molecule has 0 aromatic heterocycles. The van der Waals surface area contributed by atoms with Gasteiger partial charge in [0.2, 0.25) is 5.91 Å². The Hall–Kier alpha value is -1.75. The van der Waals surface area contributed by atoms with Gasteiger partial charge in [-0.15, -0.1) is 0 Å². The van der Waals surface area contributed by atoms with Gasteiger partial charge in [-0.3, -0.25) is 4.79 Å². The van der Waals surface area contributed by atoms with Gasteiger partial charge in [-0.2, -0.15) is 0 Å². The number of methoxy groups -OCH3 is 2. The molecule has 0 saturated carbocycles. The largest absolute Gasteiger partial charge is 0.493 e. The molecule has 128 valence electrons. The van der Waals surface area contributed by atoms with E-state index in [1.54, 1.807) is 14.2 Å². The summed E-state index contributed by atoms with van der Waals surface area (Å²) in [6.45, 7) is 7.33. The summed E-state index contributed by atoms with van der Waals surface area (Å²) in [7, 11) is 3.23. The van der Waals surface area contributed by atoms with E-state index in [4.69, 9.17) is 14.2 Å². The molecule has 3 atom stereocenters. The van der Waals surface area contributed by atoms with E-state index in [1.165, 1.54) is 0 Å². The molecule has 1 aliphatic heterocycles. The molecule has 1 aromatic carbocycles. The molecule has 0 N–H and O–H groups in total. The molecule has 1 amide bonds. The van der Waals surface area contributed by atoms with Crippen molar-refractivity contribution in [3.8, 4) is 11.5 Å². The third-order valence-corrected chi connectivity index (χ3v) is 4.14. The first-order valence-corrected chi connectivity index (χ1v) is 8.09. The Morgan fingerprint density at radius 3 is 2.39 bits per heavy atom. The van der Waals surface area contributed by atoms with Crippen LogP contribution in [0, 0.1) is 5.92 Å². The van der Waals surface area contributed by atoms with Gasteiger partial charge in [0.05, 0.1) is 26.4 Å². The van der Waals surface area contributed by atoms with Crippen LogP contribution in [0.1, 0.15) is 26.3 Å². The van der Waals surface area contributed by atoms with Crippen molar-refractivity contribution in [2.24, 2.45) is 5.92 Å². The Balaban J connectivity index is 2.03. The summed E-state index contributed by atoms with van der Waals surface area (Å²) in [6.07, 6.45) is 0.867. The number of rotatable bonds is 5. The van der Waals surface area contributed by atoms with E-state index in [1.807, 2.05) is 43.9 Å². The van der Waals surface area contributed by atoms with Crippen molar-refractivity contribution in [2.45, 2.75) is 39.4 Å². The Labute approximate surface area is 138 Å². The molecular weight excluding hydrogens is 294 g/mol. The molecule has 3 unspecified atom stereocenters. The number of amides is 1. The highest BCUT2D eigenvalue weighted by atomic mass is 16.5. The normalized spacial score (nSPS) is 22.6. The van der Waals surface area contributed by atoms with Crippen molar-refractivity contribution in [2.75, 3.05) is 27.3 Å². The number of nitrogens with zero attached hydrogens (tertiary/aromatic N) is 1. The predicted molar refractivity (Wildman–Crippen MR) is 89.0 cm³/mol. The maximum Gasteiger partial charge on any atom is 0.225 e. The predicted octanol–water partition coefficient (Wildman–Crippen LogP) is 2.52. The fraction of sp³-hybridized carbons (Fsp3) is 0.611. The van der Waals surface area contributed by atoms with E-state index in [0.717, 1.165) is 5.56 Å². The number of carbonyl (C=O) groups excluding carboxylic acids is 1.